The van der Waals surface area contributed by atoms with Crippen molar-refractivity contribution in [2.75, 3.05) is 24.6 Å². The van der Waals surface area contributed by atoms with Gasteiger partial charge in [0.1, 0.15) is 0 Å². The lowest BCUT2D eigenvalue weighted by Crippen LogP contribution is -2.29. The van der Waals surface area contributed by atoms with Gasteiger partial charge in [-0.25, -0.2) is 0 Å². The highest BCUT2D eigenvalue weighted by atomic mass is 32.2. The van der Waals surface area contributed by atoms with E-state index in [2.05, 4.69) is 0 Å². The van der Waals surface area contributed by atoms with Crippen molar-refractivity contribution in [3.63, 3.8) is 0 Å². The van der Waals surface area contributed by atoms with Crippen molar-refractivity contribution in [2.24, 2.45) is 0 Å². The van der Waals surface area contributed by atoms with Crippen LogP contribution in [-0.2, 0) is 4.79 Å². The van der Waals surface area contributed by atoms with Gasteiger partial charge in [-0.1, -0.05) is 0 Å². The van der Waals surface area contributed by atoms with Gasteiger partial charge < -0.3 is 10.6 Å². The first-order chi connectivity index (χ1) is 8.16. The molecule has 2 rings (SSSR count). The fourth-order valence-electron chi connectivity index (χ4n) is 2.03. The molecule has 0 bridgehead atoms. The van der Waals surface area contributed by atoms with Gasteiger partial charge in [0.25, 0.3) is 0 Å². The summed E-state index contributed by atoms with van der Waals surface area (Å²) in [5, 5.41) is 0. The zero-order valence-corrected chi connectivity index (χ0v) is 10.9. The molecular formula is C13H18N2OS. The highest BCUT2D eigenvalue weighted by molar-refractivity contribution is 8.00. The maximum absolute atomic E-state index is 11.9. The van der Waals surface area contributed by atoms with Crippen molar-refractivity contribution in [3.8, 4) is 0 Å². The van der Waals surface area contributed by atoms with Crippen molar-refractivity contribution < 1.29 is 4.79 Å². The zero-order chi connectivity index (χ0) is 12.3. The number of carbonyl (C=O) groups excluding carboxylic acids is 1. The van der Waals surface area contributed by atoms with Gasteiger partial charge in [0.15, 0.2) is 0 Å². The van der Waals surface area contributed by atoms with Gasteiger partial charge >= 0.3 is 0 Å². The second kappa shape index (κ2) is 5.45. The third kappa shape index (κ3) is 3.16. The molecule has 1 fully saturated rings. The maximum Gasteiger partial charge on any atom is 0.232 e. The summed E-state index contributed by atoms with van der Waals surface area (Å²) < 4.78 is 0. The minimum atomic E-state index is 0.253. The van der Waals surface area contributed by atoms with Crippen LogP contribution in [0.3, 0.4) is 0 Å². The molecule has 0 saturated carbocycles. The van der Waals surface area contributed by atoms with Crippen molar-refractivity contribution in [2.45, 2.75) is 24.7 Å². The molecule has 0 radical (unpaired) electrons. The molecular weight excluding hydrogens is 232 g/mol. The molecule has 1 amide bonds. The number of amides is 1. The Morgan fingerprint density at radius 1 is 1.41 bits per heavy atom. The van der Waals surface area contributed by atoms with E-state index in [-0.39, 0.29) is 5.91 Å². The van der Waals surface area contributed by atoms with Crippen LogP contribution in [0.4, 0.5) is 5.69 Å². The van der Waals surface area contributed by atoms with Crippen LogP contribution in [0.25, 0.3) is 0 Å². The van der Waals surface area contributed by atoms with Crippen LogP contribution in [0.1, 0.15) is 18.4 Å². The second-order valence-electron chi connectivity index (χ2n) is 4.40. The first kappa shape index (κ1) is 12.3. The number of benzene rings is 1. The lowest BCUT2D eigenvalue weighted by Gasteiger charge is -2.15. The number of carbonyl (C=O) groups is 1. The lowest BCUT2D eigenvalue weighted by molar-refractivity contribution is -0.127. The van der Waals surface area contributed by atoms with E-state index in [0.717, 1.165) is 42.1 Å². The third-order valence-corrected chi connectivity index (χ3v) is 4.17. The Labute approximate surface area is 106 Å². The van der Waals surface area contributed by atoms with E-state index in [1.54, 1.807) is 11.8 Å². The second-order valence-corrected chi connectivity index (χ2v) is 5.42. The molecule has 0 atom stereocenters. The molecule has 1 aromatic carbocycles. The number of hydrogen-bond acceptors (Lipinski definition) is 3. The Balaban J connectivity index is 1.90. The first-order valence-corrected chi connectivity index (χ1v) is 6.92. The Bertz CT molecular complexity index is 414. The van der Waals surface area contributed by atoms with E-state index in [0.29, 0.717) is 5.75 Å². The molecule has 0 unspecified atom stereocenters. The van der Waals surface area contributed by atoms with Crippen LogP contribution in [0.2, 0.25) is 0 Å². The molecule has 17 heavy (non-hydrogen) atoms. The first-order valence-electron chi connectivity index (χ1n) is 5.93. The number of likely N-dealkylation sites (tertiary alicyclic amines) is 1. The fourth-order valence-corrected chi connectivity index (χ4v) is 2.94. The van der Waals surface area contributed by atoms with E-state index < -0.39 is 0 Å². The van der Waals surface area contributed by atoms with Crippen LogP contribution in [-0.4, -0.2) is 29.6 Å². The minimum absolute atomic E-state index is 0.253. The summed E-state index contributed by atoms with van der Waals surface area (Å²) in [6, 6.07) is 5.82. The Morgan fingerprint density at radius 3 is 2.76 bits per heavy atom. The average molecular weight is 250 g/mol. The number of anilines is 1. The Kier molecular flexibility index (Phi) is 3.94. The molecule has 0 aliphatic carbocycles. The quantitative estimate of drug-likeness (QED) is 0.661. The number of nitrogen functional groups attached to an aromatic ring is 1. The molecule has 1 heterocycles. The molecule has 4 heteroatoms. The largest absolute Gasteiger partial charge is 0.399 e. The summed E-state index contributed by atoms with van der Waals surface area (Å²) in [5.74, 6) is 0.786. The average Bonchev–Trinajstić information content (AvgIpc) is 2.81. The number of hydrogen-bond donors (Lipinski definition) is 1. The Hall–Kier alpha value is -1.16. The minimum Gasteiger partial charge on any atom is -0.399 e. The predicted molar refractivity (Wildman–Crippen MR) is 72.1 cm³/mol. The van der Waals surface area contributed by atoms with E-state index in [9.17, 15) is 4.79 Å². The Morgan fingerprint density at radius 2 is 2.12 bits per heavy atom. The summed E-state index contributed by atoms with van der Waals surface area (Å²) in [6.07, 6.45) is 2.30. The van der Waals surface area contributed by atoms with Gasteiger partial charge in [-0.3, -0.25) is 4.79 Å². The van der Waals surface area contributed by atoms with Gasteiger partial charge in [-0.15, -0.1) is 11.8 Å². The summed E-state index contributed by atoms with van der Waals surface area (Å²) in [4.78, 5) is 15.0. The van der Waals surface area contributed by atoms with Crippen molar-refractivity contribution in [1.29, 1.82) is 0 Å². The van der Waals surface area contributed by atoms with E-state index in [1.165, 1.54) is 0 Å². The van der Waals surface area contributed by atoms with E-state index >= 15 is 0 Å². The fraction of sp³-hybridized carbons (Fsp3) is 0.462. The standard InChI is InChI=1S/C13H18N2OS/c1-10-8-11(14)4-5-12(10)17-9-13(16)15-6-2-3-7-15/h4-5,8H,2-3,6-7,9,14H2,1H3. The van der Waals surface area contributed by atoms with E-state index in [4.69, 9.17) is 5.73 Å². The van der Waals surface area contributed by atoms with Crippen LogP contribution in [0.15, 0.2) is 23.1 Å². The smallest absolute Gasteiger partial charge is 0.232 e. The van der Waals surface area contributed by atoms with Gasteiger partial charge in [0, 0.05) is 23.7 Å². The number of thioether (sulfide) groups is 1. The van der Waals surface area contributed by atoms with Crippen molar-refractivity contribution in [1.82, 2.24) is 4.90 Å². The molecule has 0 spiro atoms. The number of nitrogens with zero attached hydrogens (tertiary/aromatic N) is 1. The van der Waals surface area contributed by atoms with Crippen LogP contribution in [0.5, 0.6) is 0 Å². The molecule has 0 aromatic heterocycles. The molecule has 1 aromatic rings. The summed E-state index contributed by atoms with van der Waals surface area (Å²) >= 11 is 1.60. The van der Waals surface area contributed by atoms with E-state index in [1.807, 2.05) is 30.0 Å². The summed E-state index contributed by atoms with van der Waals surface area (Å²) in [5.41, 5.74) is 7.62. The highest BCUT2D eigenvalue weighted by Gasteiger charge is 2.17. The number of aryl methyl sites for hydroxylation is 1. The molecule has 92 valence electrons. The monoisotopic (exact) mass is 250 g/mol. The molecule has 1 aliphatic heterocycles. The maximum atomic E-state index is 11.9. The SMILES string of the molecule is Cc1cc(N)ccc1SCC(=O)N1CCCC1. The van der Waals surface area contributed by atoms with Crippen molar-refractivity contribution >= 4 is 23.4 Å². The van der Waals surface area contributed by atoms with Gasteiger partial charge in [0.05, 0.1) is 5.75 Å². The van der Waals surface area contributed by atoms with Gasteiger partial charge in [0.2, 0.25) is 5.91 Å². The van der Waals surface area contributed by atoms with Gasteiger partial charge in [-0.05, 0) is 43.5 Å². The van der Waals surface area contributed by atoms with Crippen LogP contribution < -0.4 is 5.73 Å². The molecule has 1 aliphatic rings. The lowest BCUT2D eigenvalue weighted by atomic mass is 10.2. The van der Waals surface area contributed by atoms with Crippen LogP contribution >= 0.6 is 11.8 Å². The summed E-state index contributed by atoms with van der Waals surface area (Å²) in [7, 11) is 0. The highest BCUT2D eigenvalue weighted by Crippen LogP contribution is 2.24. The molecule has 1 saturated heterocycles. The topological polar surface area (TPSA) is 46.3 Å². The predicted octanol–water partition coefficient (Wildman–Crippen LogP) is 2.29. The zero-order valence-electron chi connectivity index (χ0n) is 10.1. The van der Waals surface area contributed by atoms with Crippen molar-refractivity contribution in [3.05, 3.63) is 23.8 Å². The normalized spacial score (nSPS) is 15.2. The molecule has 2 N–H and O–H groups in total. The van der Waals surface area contributed by atoms with Crippen LogP contribution in [0, 0.1) is 6.92 Å². The third-order valence-electron chi connectivity index (χ3n) is 3.01. The molecule has 3 nitrogen and oxygen atoms in total. The number of rotatable bonds is 3. The summed E-state index contributed by atoms with van der Waals surface area (Å²) in [6.45, 7) is 3.89. The van der Waals surface area contributed by atoms with Gasteiger partial charge in [-0.2, -0.15) is 0 Å². The number of nitrogens with two attached hydrogens (primary N) is 1.